The highest BCUT2D eigenvalue weighted by atomic mass is 32.1. The first-order valence-electron chi connectivity index (χ1n) is 7.52. The standard InChI is InChI=1S/C16H27N3OS/c1-5-19(6-2)14(3)17-16(21)18(4)12-13-20-15-10-8-7-9-11-15/h7-11,14H,5-6,12-13H2,1-4H3,(H,17,21). The monoisotopic (exact) mass is 309 g/mol. The Hall–Kier alpha value is -1.33. The van der Waals surface area contributed by atoms with Crippen LogP contribution in [0.1, 0.15) is 20.8 Å². The Morgan fingerprint density at radius 3 is 2.43 bits per heavy atom. The van der Waals surface area contributed by atoms with E-state index in [1.165, 1.54) is 0 Å². The van der Waals surface area contributed by atoms with Crippen LogP contribution in [0.5, 0.6) is 5.75 Å². The van der Waals surface area contributed by atoms with E-state index in [1.54, 1.807) is 0 Å². The molecular formula is C16H27N3OS. The summed E-state index contributed by atoms with van der Waals surface area (Å²) in [6.07, 6.45) is 0.241. The molecule has 1 aromatic carbocycles. The second-order valence-corrected chi connectivity index (χ2v) is 5.32. The quantitative estimate of drug-likeness (QED) is 0.588. The van der Waals surface area contributed by atoms with Crippen LogP contribution < -0.4 is 10.1 Å². The molecule has 1 unspecified atom stereocenters. The number of rotatable bonds is 8. The van der Waals surface area contributed by atoms with Crippen molar-refractivity contribution < 1.29 is 4.74 Å². The number of thiocarbonyl (C=S) groups is 1. The number of para-hydroxylation sites is 1. The second-order valence-electron chi connectivity index (χ2n) is 4.93. The van der Waals surface area contributed by atoms with Gasteiger partial charge in [0.25, 0.3) is 0 Å². The van der Waals surface area contributed by atoms with Crippen LogP contribution >= 0.6 is 12.2 Å². The average molecular weight is 309 g/mol. The van der Waals surface area contributed by atoms with Crippen molar-refractivity contribution in [3.63, 3.8) is 0 Å². The summed E-state index contributed by atoms with van der Waals surface area (Å²) in [5.41, 5.74) is 0. The van der Waals surface area contributed by atoms with Gasteiger partial charge in [0, 0.05) is 7.05 Å². The third kappa shape index (κ3) is 6.31. The van der Waals surface area contributed by atoms with E-state index in [0.717, 1.165) is 30.5 Å². The molecule has 0 aliphatic carbocycles. The number of likely N-dealkylation sites (N-methyl/N-ethyl adjacent to an activating group) is 1. The molecule has 0 spiro atoms. The lowest BCUT2D eigenvalue weighted by Crippen LogP contribution is -2.50. The van der Waals surface area contributed by atoms with Gasteiger partial charge < -0.3 is 15.0 Å². The van der Waals surface area contributed by atoms with Crippen molar-refractivity contribution in [2.24, 2.45) is 0 Å². The second kappa shape index (κ2) is 9.58. The van der Waals surface area contributed by atoms with Gasteiger partial charge in [-0.3, -0.25) is 4.90 Å². The highest BCUT2D eigenvalue weighted by Crippen LogP contribution is 2.07. The molecule has 1 N–H and O–H groups in total. The molecule has 1 aromatic rings. The van der Waals surface area contributed by atoms with Crippen LogP contribution in [0.3, 0.4) is 0 Å². The maximum atomic E-state index is 5.68. The zero-order valence-electron chi connectivity index (χ0n) is 13.5. The summed E-state index contributed by atoms with van der Waals surface area (Å²) in [5.74, 6) is 0.890. The molecule has 0 amide bonds. The van der Waals surface area contributed by atoms with E-state index in [2.05, 4.69) is 31.0 Å². The first kappa shape index (κ1) is 17.7. The Bertz CT molecular complexity index is 409. The van der Waals surface area contributed by atoms with E-state index in [-0.39, 0.29) is 6.17 Å². The van der Waals surface area contributed by atoms with E-state index < -0.39 is 0 Å². The van der Waals surface area contributed by atoms with Gasteiger partial charge in [-0.05, 0) is 44.4 Å². The Morgan fingerprint density at radius 1 is 1.24 bits per heavy atom. The predicted molar refractivity (Wildman–Crippen MR) is 92.7 cm³/mol. The van der Waals surface area contributed by atoms with Crippen molar-refractivity contribution in [1.82, 2.24) is 15.1 Å². The zero-order valence-corrected chi connectivity index (χ0v) is 14.3. The van der Waals surface area contributed by atoms with Crippen LogP contribution in [0.25, 0.3) is 0 Å². The molecule has 0 fully saturated rings. The Labute approximate surface area is 134 Å². The normalized spacial score (nSPS) is 12.0. The summed E-state index contributed by atoms with van der Waals surface area (Å²) in [6.45, 7) is 9.83. The van der Waals surface area contributed by atoms with Gasteiger partial charge >= 0.3 is 0 Å². The zero-order chi connectivity index (χ0) is 15.7. The third-order valence-corrected chi connectivity index (χ3v) is 3.91. The molecule has 0 saturated heterocycles. The largest absolute Gasteiger partial charge is 0.492 e. The smallest absolute Gasteiger partial charge is 0.170 e. The summed E-state index contributed by atoms with van der Waals surface area (Å²) >= 11 is 5.43. The van der Waals surface area contributed by atoms with Gasteiger partial charge in [-0.25, -0.2) is 0 Å². The molecule has 21 heavy (non-hydrogen) atoms. The number of benzene rings is 1. The van der Waals surface area contributed by atoms with Gasteiger partial charge in [0.05, 0.1) is 12.7 Å². The van der Waals surface area contributed by atoms with Gasteiger partial charge in [0.15, 0.2) is 5.11 Å². The van der Waals surface area contributed by atoms with Crippen molar-refractivity contribution in [3.8, 4) is 5.75 Å². The van der Waals surface area contributed by atoms with E-state index in [4.69, 9.17) is 17.0 Å². The molecule has 4 nitrogen and oxygen atoms in total. The van der Waals surface area contributed by atoms with Crippen molar-refractivity contribution in [3.05, 3.63) is 30.3 Å². The topological polar surface area (TPSA) is 27.7 Å². The highest BCUT2D eigenvalue weighted by Gasteiger charge is 2.12. The maximum absolute atomic E-state index is 5.68. The molecule has 0 bridgehead atoms. The number of nitrogens with one attached hydrogen (secondary N) is 1. The van der Waals surface area contributed by atoms with Crippen LogP contribution in [0, 0.1) is 0 Å². The van der Waals surface area contributed by atoms with Crippen molar-refractivity contribution in [2.75, 3.05) is 33.3 Å². The average Bonchev–Trinajstić information content (AvgIpc) is 2.49. The highest BCUT2D eigenvalue weighted by molar-refractivity contribution is 7.80. The van der Waals surface area contributed by atoms with Gasteiger partial charge in [0.1, 0.15) is 12.4 Å². The Morgan fingerprint density at radius 2 is 1.86 bits per heavy atom. The summed E-state index contributed by atoms with van der Waals surface area (Å²) in [7, 11) is 1.98. The maximum Gasteiger partial charge on any atom is 0.170 e. The molecule has 1 atom stereocenters. The lowest BCUT2D eigenvalue weighted by Gasteiger charge is -2.30. The summed E-state index contributed by atoms with van der Waals surface area (Å²) in [4.78, 5) is 4.33. The van der Waals surface area contributed by atoms with E-state index in [1.807, 2.05) is 42.3 Å². The van der Waals surface area contributed by atoms with E-state index >= 15 is 0 Å². The molecule has 1 rings (SSSR count). The minimum atomic E-state index is 0.241. The fourth-order valence-electron chi connectivity index (χ4n) is 2.07. The first-order chi connectivity index (χ1) is 10.1. The summed E-state index contributed by atoms with van der Waals surface area (Å²) in [5, 5.41) is 4.11. The molecule has 0 saturated carbocycles. The molecule has 5 heteroatoms. The van der Waals surface area contributed by atoms with E-state index in [0.29, 0.717) is 6.61 Å². The van der Waals surface area contributed by atoms with Crippen LogP contribution in [-0.4, -0.2) is 54.4 Å². The lowest BCUT2D eigenvalue weighted by atomic mass is 10.3. The van der Waals surface area contributed by atoms with Crippen LogP contribution in [0.15, 0.2) is 30.3 Å². The van der Waals surface area contributed by atoms with Gasteiger partial charge in [-0.2, -0.15) is 0 Å². The number of nitrogens with zero attached hydrogens (tertiary/aromatic N) is 2. The van der Waals surface area contributed by atoms with Crippen molar-refractivity contribution in [2.45, 2.75) is 26.9 Å². The molecule has 0 heterocycles. The van der Waals surface area contributed by atoms with E-state index in [9.17, 15) is 0 Å². The molecule has 0 aliphatic heterocycles. The minimum Gasteiger partial charge on any atom is -0.492 e. The minimum absolute atomic E-state index is 0.241. The summed E-state index contributed by atoms with van der Waals surface area (Å²) in [6, 6.07) is 9.83. The molecule has 0 radical (unpaired) electrons. The number of hydrogen-bond donors (Lipinski definition) is 1. The molecule has 118 valence electrons. The van der Waals surface area contributed by atoms with Gasteiger partial charge in [0.2, 0.25) is 0 Å². The van der Waals surface area contributed by atoms with Crippen LogP contribution in [0.4, 0.5) is 0 Å². The molecule has 0 aromatic heterocycles. The predicted octanol–water partition coefficient (Wildman–Crippen LogP) is 2.56. The molecular weight excluding hydrogens is 282 g/mol. The fraction of sp³-hybridized carbons (Fsp3) is 0.562. The number of hydrogen-bond acceptors (Lipinski definition) is 3. The van der Waals surface area contributed by atoms with Gasteiger partial charge in [-0.1, -0.05) is 32.0 Å². The Kier molecular flexibility index (Phi) is 8.08. The lowest BCUT2D eigenvalue weighted by molar-refractivity contribution is 0.212. The Balaban J connectivity index is 2.31. The van der Waals surface area contributed by atoms with Gasteiger partial charge in [-0.15, -0.1) is 0 Å². The van der Waals surface area contributed by atoms with Crippen molar-refractivity contribution >= 4 is 17.3 Å². The van der Waals surface area contributed by atoms with Crippen LogP contribution in [-0.2, 0) is 0 Å². The van der Waals surface area contributed by atoms with Crippen molar-refractivity contribution in [1.29, 1.82) is 0 Å². The SMILES string of the molecule is CCN(CC)C(C)NC(=S)N(C)CCOc1ccccc1. The third-order valence-electron chi connectivity index (χ3n) is 3.48. The fourth-order valence-corrected chi connectivity index (χ4v) is 2.33. The molecule has 0 aliphatic rings. The van der Waals surface area contributed by atoms with Crippen LogP contribution in [0.2, 0.25) is 0 Å². The number of ether oxygens (including phenoxy) is 1. The summed E-state index contributed by atoms with van der Waals surface area (Å²) < 4.78 is 5.68. The first-order valence-corrected chi connectivity index (χ1v) is 7.92.